The first kappa shape index (κ1) is 28.5. The first-order valence-corrected chi connectivity index (χ1v) is 9.75. The summed E-state index contributed by atoms with van der Waals surface area (Å²) in [6, 6.07) is 4.69. The van der Waals surface area contributed by atoms with Crippen LogP contribution in [0.5, 0.6) is 0 Å². The molecule has 3 heterocycles. The maximum Gasteiger partial charge on any atom is 2.00 e. The number of amidine groups is 2. The summed E-state index contributed by atoms with van der Waals surface area (Å²) < 4.78 is 0. The van der Waals surface area contributed by atoms with Crippen molar-refractivity contribution in [1.82, 2.24) is 15.6 Å². The molecular weight excluding hydrogens is 559 g/mol. The average molecular weight is 572 g/mol. The van der Waals surface area contributed by atoms with E-state index in [0.717, 1.165) is 24.6 Å². The molecule has 0 atom stereocenters. The van der Waals surface area contributed by atoms with Gasteiger partial charge in [0.2, 0.25) is 0 Å². The number of aromatic nitrogens is 1. The molecule has 1 aromatic rings. The van der Waals surface area contributed by atoms with E-state index in [4.69, 9.17) is 30.6 Å². The Bertz CT molecular complexity index is 781. The van der Waals surface area contributed by atoms with Crippen LogP contribution in [-0.2, 0) is 27.3 Å². The summed E-state index contributed by atoms with van der Waals surface area (Å²) in [6.45, 7) is 1.59. The third-order valence-electron chi connectivity index (χ3n) is 2.83. The van der Waals surface area contributed by atoms with Gasteiger partial charge in [-0.2, -0.15) is 9.98 Å². The quantitative estimate of drug-likeness (QED) is 0.276. The number of nitrogens with zero attached hydrogens (tertiary/aromatic N) is 5. The molecule has 2 amide bonds. The van der Waals surface area contributed by atoms with E-state index in [0.29, 0.717) is 10.3 Å². The molecule has 162 valence electrons. The van der Waals surface area contributed by atoms with Crippen LogP contribution in [0.25, 0.3) is 0 Å². The molecule has 3 rings (SSSR count). The summed E-state index contributed by atoms with van der Waals surface area (Å²) in [7, 11) is 0. The van der Waals surface area contributed by atoms with Gasteiger partial charge in [0.1, 0.15) is 11.4 Å². The van der Waals surface area contributed by atoms with Gasteiger partial charge < -0.3 is 41.3 Å². The minimum Gasteiger partial charge on any atom is -0.364 e. The Morgan fingerprint density at radius 2 is 1.23 bits per heavy atom. The molecule has 0 spiro atoms. The van der Waals surface area contributed by atoms with Gasteiger partial charge in [0.25, 0.3) is 11.8 Å². The number of hydrogen-bond donors (Lipinski definition) is 2. The molecule has 2 fully saturated rings. The summed E-state index contributed by atoms with van der Waals surface area (Å²) in [4.78, 5) is 52.6. The zero-order valence-electron chi connectivity index (χ0n) is 15.6. The van der Waals surface area contributed by atoms with E-state index in [-0.39, 0.29) is 38.7 Å². The molecule has 2 saturated heterocycles. The SMILES string of the molecule is O=C(N=C1NCCS1)c1cccc(C(=O)N=C2NCCS2)n1.O=[N+]([O-])[O-].O=[N+]([O-])[O-].[Cd+2]. The summed E-state index contributed by atoms with van der Waals surface area (Å²) in [5.41, 5.74) is 0.278. The molecule has 0 aromatic carbocycles. The molecule has 2 N–H and O–H groups in total. The van der Waals surface area contributed by atoms with Crippen molar-refractivity contribution >= 4 is 45.7 Å². The van der Waals surface area contributed by atoms with Gasteiger partial charge in [0.15, 0.2) is 10.3 Å². The molecule has 0 bridgehead atoms. The predicted octanol–water partition coefficient (Wildman–Crippen LogP) is 0.266. The number of carbonyl (C=O) groups is 2. The first-order chi connectivity index (χ1) is 14.2. The number of amides is 2. The molecule has 15 nitrogen and oxygen atoms in total. The van der Waals surface area contributed by atoms with Crippen LogP contribution in [0, 0.1) is 30.6 Å². The molecule has 2 aliphatic heterocycles. The molecule has 0 aliphatic carbocycles. The fraction of sp³-hybridized carbons (Fsp3) is 0.308. The maximum atomic E-state index is 12.1. The Morgan fingerprint density at radius 3 is 1.52 bits per heavy atom. The fourth-order valence-electron chi connectivity index (χ4n) is 1.83. The van der Waals surface area contributed by atoms with Crippen LogP contribution in [0.3, 0.4) is 0 Å². The average Bonchev–Trinajstić information content (AvgIpc) is 3.35. The third kappa shape index (κ3) is 12.7. The van der Waals surface area contributed by atoms with E-state index in [1.807, 2.05) is 0 Å². The Labute approximate surface area is 202 Å². The van der Waals surface area contributed by atoms with E-state index in [9.17, 15) is 9.59 Å². The van der Waals surface area contributed by atoms with E-state index in [1.165, 1.54) is 23.5 Å². The van der Waals surface area contributed by atoms with Crippen LogP contribution < -0.4 is 10.6 Å². The van der Waals surface area contributed by atoms with Crippen LogP contribution in [0.15, 0.2) is 28.2 Å². The number of hydrogen-bond acceptors (Lipinski definition) is 11. The predicted molar refractivity (Wildman–Crippen MR) is 109 cm³/mol. The van der Waals surface area contributed by atoms with Gasteiger partial charge in [-0.1, -0.05) is 29.6 Å². The molecule has 1 aromatic heterocycles. The molecule has 0 unspecified atom stereocenters. The van der Waals surface area contributed by atoms with Crippen LogP contribution in [-0.4, -0.2) is 61.9 Å². The van der Waals surface area contributed by atoms with Crippen molar-refractivity contribution in [3.05, 3.63) is 60.2 Å². The van der Waals surface area contributed by atoms with Gasteiger partial charge in [0, 0.05) is 24.6 Å². The van der Waals surface area contributed by atoms with Crippen molar-refractivity contribution < 1.29 is 47.1 Å². The number of nitrogens with one attached hydrogen (secondary N) is 2. The Morgan fingerprint density at radius 1 is 0.871 bits per heavy atom. The van der Waals surface area contributed by atoms with Gasteiger partial charge in [0.05, 0.1) is 10.2 Å². The van der Waals surface area contributed by atoms with Crippen molar-refractivity contribution in [1.29, 1.82) is 0 Å². The van der Waals surface area contributed by atoms with Crippen molar-refractivity contribution in [2.75, 3.05) is 24.6 Å². The minimum atomic E-state index is -1.75. The first-order valence-electron chi connectivity index (χ1n) is 7.78. The van der Waals surface area contributed by atoms with Crippen LogP contribution in [0.2, 0.25) is 0 Å². The summed E-state index contributed by atoms with van der Waals surface area (Å²) in [5, 5.41) is 36.7. The number of thioether (sulfide) groups is 2. The van der Waals surface area contributed by atoms with Gasteiger partial charge in [-0.25, -0.2) is 4.98 Å². The van der Waals surface area contributed by atoms with Gasteiger partial charge in [-0.15, -0.1) is 0 Å². The van der Waals surface area contributed by atoms with E-state index >= 15 is 0 Å². The van der Waals surface area contributed by atoms with Crippen LogP contribution in [0.1, 0.15) is 21.0 Å². The molecule has 0 saturated carbocycles. The van der Waals surface area contributed by atoms with Gasteiger partial charge in [-0.3, -0.25) is 9.59 Å². The monoisotopic (exact) mass is 573 g/mol. The smallest absolute Gasteiger partial charge is 0.364 e. The second kappa shape index (κ2) is 15.3. The molecular formula is C13H13CdN7O8S2. The molecule has 0 radical (unpaired) electrons. The maximum absolute atomic E-state index is 12.1. The standard InChI is InChI=1S/C13H13N5O2S2.Cd.2NO3/c19-10(17-12-14-4-6-21-12)8-2-1-3-9(16-8)11(20)18-13-15-5-7-22-13;;2*2-1(3)4/h1-3H,4-7H2,(H,14,17,19)(H,15,18,20);;;/q;+2;2*-1. The van der Waals surface area contributed by atoms with Gasteiger partial charge >= 0.3 is 27.3 Å². The number of pyridine rings is 1. The van der Waals surface area contributed by atoms with Crippen LogP contribution in [0.4, 0.5) is 0 Å². The van der Waals surface area contributed by atoms with E-state index in [1.54, 1.807) is 18.2 Å². The molecule has 31 heavy (non-hydrogen) atoms. The van der Waals surface area contributed by atoms with Crippen molar-refractivity contribution in [2.24, 2.45) is 9.98 Å². The van der Waals surface area contributed by atoms with Crippen molar-refractivity contribution in [3.8, 4) is 0 Å². The topological polar surface area (TPSA) is 228 Å². The van der Waals surface area contributed by atoms with Gasteiger partial charge in [-0.05, 0) is 12.1 Å². The zero-order valence-corrected chi connectivity index (χ0v) is 21.3. The van der Waals surface area contributed by atoms with E-state index in [2.05, 4.69) is 25.6 Å². The second-order valence-electron chi connectivity index (χ2n) is 4.85. The minimum absolute atomic E-state index is 0. The second-order valence-corrected chi connectivity index (χ2v) is 7.02. The Hall–Kier alpha value is -2.55. The van der Waals surface area contributed by atoms with Crippen molar-refractivity contribution in [3.63, 3.8) is 0 Å². The summed E-state index contributed by atoms with van der Waals surface area (Å²) >= 11 is 2.98. The van der Waals surface area contributed by atoms with Crippen molar-refractivity contribution in [2.45, 2.75) is 0 Å². The number of carbonyl (C=O) groups excluding carboxylic acids is 2. The summed E-state index contributed by atoms with van der Waals surface area (Å²) in [6.07, 6.45) is 0. The largest absolute Gasteiger partial charge is 2.00 e. The molecule has 2 aliphatic rings. The Balaban J connectivity index is 0.000000867. The fourth-order valence-corrected chi connectivity index (χ4v) is 3.33. The molecule has 18 heteroatoms. The normalized spacial score (nSPS) is 16.4. The van der Waals surface area contributed by atoms with E-state index < -0.39 is 22.0 Å². The third-order valence-corrected chi connectivity index (χ3v) is 4.66. The Kier molecular flexibility index (Phi) is 14.0. The summed E-state index contributed by atoms with van der Waals surface area (Å²) in [5.74, 6) is 0.848. The number of aliphatic imine (C=N–C) groups is 2. The van der Waals surface area contributed by atoms with Crippen LogP contribution >= 0.6 is 23.5 Å². The zero-order chi connectivity index (χ0) is 22.5. The number of rotatable bonds is 2.